The lowest BCUT2D eigenvalue weighted by Gasteiger charge is -2.14. The molecule has 2 rings (SSSR count). The fraction of sp³-hybridized carbons (Fsp3) is 0.286. The molecule has 0 bridgehead atoms. The third-order valence-corrected chi connectivity index (χ3v) is 3.00. The topological polar surface area (TPSA) is 106 Å². The van der Waals surface area contributed by atoms with Gasteiger partial charge in [0.2, 0.25) is 5.75 Å². The van der Waals surface area contributed by atoms with Crippen molar-refractivity contribution in [3.8, 4) is 40.6 Å². The summed E-state index contributed by atoms with van der Waals surface area (Å²) in [5.74, 6) is 1.31. The fourth-order valence-corrected chi connectivity index (χ4v) is 2.07. The molecule has 1 heterocycles. The van der Waals surface area contributed by atoms with Crippen LogP contribution in [-0.4, -0.2) is 36.3 Å². The Kier molecular flexibility index (Phi) is 4.44. The van der Waals surface area contributed by atoms with E-state index in [0.29, 0.717) is 28.5 Å². The lowest BCUT2D eigenvalue weighted by molar-refractivity contribution is 0.324. The van der Waals surface area contributed by atoms with Crippen LogP contribution in [-0.2, 0) is 6.54 Å². The number of ether oxygens (including phenoxy) is 3. The first kappa shape index (κ1) is 15.1. The van der Waals surface area contributed by atoms with Gasteiger partial charge in [0.1, 0.15) is 18.3 Å². The molecule has 8 heteroatoms. The number of methoxy groups -OCH3 is 3. The third kappa shape index (κ3) is 2.50. The van der Waals surface area contributed by atoms with E-state index < -0.39 is 0 Å². The Hall–Kier alpha value is -3.26. The number of benzene rings is 1. The van der Waals surface area contributed by atoms with Crippen molar-refractivity contribution in [1.82, 2.24) is 15.0 Å². The lowest BCUT2D eigenvalue weighted by Crippen LogP contribution is -2.02. The van der Waals surface area contributed by atoms with E-state index in [1.807, 2.05) is 12.1 Å². The quantitative estimate of drug-likeness (QED) is 0.820. The van der Waals surface area contributed by atoms with Gasteiger partial charge in [0.25, 0.3) is 0 Å². The van der Waals surface area contributed by atoms with Gasteiger partial charge in [-0.25, -0.2) is 4.68 Å². The molecule has 0 spiro atoms. The molecule has 1 aromatic heterocycles. The number of nitriles is 2. The summed E-state index contributed by atoms with van der Waals surface area (Å²) in [5.41, 5.74) is 1.12. The molecule has 22 heavy (non-hydrogen) atoms. The second kappa shape index (κ2) is 6.46. The van der Waals surface area contributed by atoms with Crippen molar-refractivity contribution in [3.05, 3.63) is 17.8 Å². The van der Waals surface area contributed by atoms with Crippen LogP contribution in [0.1, 0.15) is 5.69 Å². The van der Waals surface area contributed by atoms with Gasteiger partial charge in [0, 0.05) is 5.56 Å². The van der Waals surface area contributed by atoms with Crippen LogP contribution in [0, 0.1) is 22.7 Å². The van der Waals surface area contributed by atoms with Crippen LogP contribution in [0.25, 0.3) is 11.3 Å². The summed E-state index contributed by atoms with van der Waals surface area (Å²) in [6.45, 7) is -0.0271. The number of hydrogen-bond donors (Lipinski definition) is 0. The molecule has 0 atom stereocenters. The molecule has 112 valence electrons. The Morgan fingerprint density at radius 1 is 1.09 bits per heavy atom. The van der Waals surface area contributed by atoms with Crippen molar-refractivity contribution < 1.29 is 14.2 Å². The first-order valence-corrected chi connectivity index (χ1v) is 6.21. The van der Waals surface area contributed by atoms with Crippen LogP contribution in [0.2, 0.25) is 0 Å². The predicted molar refractivity (Wildman–Crippen MR) is 75.4 cm³/mol. The van der Waals surface area contributed by atoms with Crippen molar-refractivity contribution >= 4 is 0 Å². The van der Waals surface area contributed by atoms with E-state index in [1.54, 1.807) is 12.1 Å². The highest BCUT2D eigenvalue weighted by atomic mass is 16.5. The van der Waals surface area contributed by atoms with Gasteiger partial charge in [0.05, 0.1) is 27.4 Å². The third-order valence-electron chi connectivity index (χ3n) is 3.00. The summed E-state index contributed by atoms with van der Waals surface area (Å²) in [6, 6.07) is 7.29. The van der Waals surface area contributed by atoms with Crippen molar-refractivity contribution in [2.75, 3.05) is 21.3 Å². The summed E-state index contributed by atoms with van der Waals surface area (Å²) in [7, 11) is 4.50. The highest BCUT2D eigenvalue weighted by Gasteiger charge is 2.20. The van der Waals surface area contributed by atoms with Crippen LogP contribution >= 0.6 is 0 Å². The second-order valence-corrected chi connectivity index (χ2v) is 4.13. The van der Waals surface area contributed by atoms with E-state index in [0.717, 1.165) is 0 Å². The fourth-order valence-electron chi connectivity index (χ4n) is 2.07. The molecule has 8 nitrogen and oxygen atoms in total. The SMILES string of the molecule is COc1cc(-c2c(C#N)nnn2CC#N)cc(OC)c1OC. The predicted octanol–water partition coefficient (Wildman–Crippen LogP) is 1.37. The Morgan fingerprint density at radius 3 is 2.18 bits per heavy atom. The molecule has 0 unspecified atom stereocenters. The molecular formula is C14H13N5O3. The Morgan fingerprint density at radius 2 is 1.73 bits per heavy atom. The van der Waals surface area contributed by atoms with Gasteiger partial charge in [-0.05, 0) is 12.1 Å². The van der Waals surface area contributed by atoms with Gasteiger partial charge >= 0.3 is 0 Å². The normalized spacial score (nSPS) is 9.68. The Bertz CT molecular complexity index is 745. The molecule has 0 N–H and O–H groups in total. The summed E-state index contributed by atoms with van der Waals surface area (Å²) >= 11 is 0. The van der Waals surface area contributed by atoms with Gasteiger partial charge in [-0.1, -0.05) is 5.21 Å². The molecule has 0 aliphatic carbocycles. The second-order valence-electron chi connectivity index (χ2n) is 4.13. The summed E-state index contributed by atoms with van der Waals surface area (Å²) in [5, 5.41) is 25.6. The summed E-state index contributed by atoms with van der Waals surface area (Å²) < 4.78 is 17.2. The molecule has 0 saturated heterocycles. The van der Waals surface area contributed by atoms with E-state index >= 15 is 0 Å². The minimum absolute atomic E-state index is 0.0271. The molecule has 0 aliphatic rings. The van der Waals surface area contributed by atoms with E-state index in [1.165, 1.54) is 26.0 Å². The number of rotatable bonds is 5. The number of aromatic nitrogens is 3. The zero-order valence-electron chi connectivity index (χ0n) is 12.3. The Labute approximate surface area is 127 Å². The van der Waals surface area contributed by atoms with E-state index in [2.05, 4.69) is 10.3 Å². The standard InChI is InChI=1S/C14H13N5O3/c1-20-11-6-9(7-12(21-2)14(11)22-3)13-10(8-16)17-18-19(13)5-4-15/h6-7H,5H2,1-3H3. The lowest BCUT2D eigenvalue weighted by atomic mass is 10.1. The van der Waals surface area contributed by atoms with Crippen LogP contribution < -0.4 is 14.2 Å². The van der Waals surface area contributed by atoms with Crippen molar-refractivity contribution in [3.63, 3.8) is 0 Å². The summed E-state index contributed by atoms with van der Waals surface area (Å²) in [4.78, 5) is 0. The molecular weight excluding hydrogens is 286 g/mol. The van der Waals surface area contributed by atoms with Crippen molar-refractivity contribution in [2.45, 2.75) is 6.54 Å². The van der Waals surface area contributed by atoms with Crippen LogP contribution in [0.3, 0.4) is 0 Å². The maximum Gasteiger partial charge on any atom is 0.203 e. The van der Waals surface area contributed by atoms with Gasteiger partial charge in [-0.15, -0.1) is 5.10 Å². The number of hydrogen-bond acceptors (Lipinski definition) is 7. The zero-order chi connectivity index (χ0) is 16.1. The molecule has 2 aromatic rings. The van der Waals surface area contributed by atoms with Crippen LogP contribution in [0.4, 0.5) is 0 Å². The summed E-state index contributed by atoms with van der Waals surface area (Å²) in [6.07, 6.45) is 0. The average molecular weight is 299 g/mol. The first-order valence-electron chi connectivity index (χ1n) is 6.21. The van der Waals surface area contributed by atoms with E-state index in [4.69, 9.17) is 19.5 Å². The van der Waals surface area contributed by atoms with E-state index in [9.17, 15) is 5.26 Å². The largest absolute Gasteiger partial charge is 0.493 e. The molecule has 1 aromatic carbocycles. The molecule has 0 radical (unpaired) electrons. The molecule has 0 fully saturated rings. The van der Waals surface area contributed by atoms with E-state index in [-0.39, 0.29) is 12.2 Å². The minimum Gasteiger partial charge on any atom is -0.493 e. The highest BCUT2D eigenvalue weighted by molar-refractivity contribution is 5.71. The van der Waals surface area contributed by atoms with Gasteiger partial charge in [-0.2, -0.15) is 10.5 Å². The maximum absolute atomic E-state index is 9.18. The zero-order valence-corrected chi connectivity index (χ0v) is 12.3. The van der Waals surface area contributed by atoms with Crippen LogP contribution in [0.5, 0.6) is 17.2 Å². The van der Waals surface area contributed by atoms with Crippen molar-refractivity contribution in [2.24, 2.45) is 0 Å². The number of nitrogens with zero attached hydrogens (tertiary/aromatic N) is 5. The highest BCUT2D eigenvalue weighted by Crippen LogP contribution is 2.41. The smallest absolute Gasteiger partial charge is 0.203 e. The monoisotopic (exact) mass is 299 g/mol. The van der Waals surface area contributed by atoms with Crippen LogP contribution in [0.15, 0.2) is 12.1 Å². The van der Waals surface area contributed by atoms with Gasteiger partial charge in [-0.3, -0.25) is 0 Å². The molecule has 0 amide bonds. The van der Waals surface area contributed by atoms with Crippen molar-refractivity contribution in [1.29, 1.82) is 10.5 Å². The minimum atomic E-state index is -0.0271. The molecule has 0 aliphatic heterocycles. The first-order chi connectivity index (χ1) is 10.7. The molecule has 0 saturated carbocycles. The average Bonchev–Trinajstić information content (AvgIpc) is 2.96. The van der Waals surface area contributed by atoms with Gasteiger partial charge < -0.3 is 14.2 Å². The maximum atomic E-state index is 9.18. The van der Waals surface area contributed by atoms with Gasteiger partial charge in [0.15, 0.2) is 17.2 Å². The Balaban J connectivity index is 2.71.